The molecule has 0 amide bonds. The van der Waals surface area contributed by atoms with Gasteiger partial charge in [-0.2, -0.15) is 4.98 Å². The third-order valence-corrected chi connectivity index (χ3v) is 3.36. The van der Waals surface area contributed by atoms with Gasteiger partial charge in [-0.3, -0.25) is 0 Å². The number of carbonyl (C=O) groups excluding carboxylic acids is 1. The lowest BCUT2D eigenvalue weighted by Crippen LogP contribution is -2.04. The molecule has 0 atom stereocenters. The SMILES string of the molecule is C=C(C)C(=O)OCSc1nc(OC)cc(-c2ccccc2)n1. The highest BCUT2D eigenvalue weighted by Gasteiger charge is 2.09. The van der Waals surface area contributed by atoms with Gasteiger partial charge in [-0.15, -0.1) is 0 Å². The Labute approximate surface area is 133 Å². The van der Waals surface area contributed by atoms with Crippen LogP contribution in [0.15, 0.2) is 53.7 Å². The van der Waals surface area contributed by atoms with Gasteiger partial charge < -0.3 is 9.47 Å². The van der Waals surface area contributed by atoms with Crippen molar-refractivity contribution in [1.82, 2.24) is 9.97 Å². The summed E-state index contributed by atoms with van der Waals surface area (Å²) < 4.78 is 10.2. The Morgan fingerprint density at radius 3 is 2.64 bits per heavy atom. The van der Waals surface area contributed by atoms with E-state index in [0.29, 0.717) is 16.6 Å². The Morgan fingerprint density at radius 1 is 1.27 bits per heavy atom. The van der Waals surface area contributed by atoms with Gasteiger partial charge in [-0.05, 0) is 18.7 Å². The van der Waals surface area contributed by atoms with Gasteiger partial charge in [0.25, 0.3) is 0 Å². The Kier molecular flexibility index (Phi) is 5.55. The number of methoxy groups -OCH3 is 1. The van der Waals surface area contributed by atoms with Crippen LogP contribution in [0.4, 0.5) is 0 Å². The zero-order chi connectivity index (χ0) is 15.9. The number of thioether (sulfide) groups is 1. The normalized spacial score (nSPS) is 10.1. The van der Waals surface area contributed by atoms with Crippen molar-refractivity contribution in [2.75, 3.05) is 13.0 Å². The van der Waals surface area contributed by atoms with E-state index < -0.39 is 5.97 Å². The summed E-state index contributed by atoms with van der Waals surface area (Å²) in [5, 5.41) is 0.479. The summed E-state index contributed by atoms with van der Waals surface area (Å²) in [6.07, 6.45) is 0. The number of aromatic nitrogens is 2. The zero-order valence-corrected chi connectivity index (χ0v) is 13.2. The molecule has 1 aromatic heterocycles. The van der Waals surface area contributed by atoms with E-state index in [4.69, 9.17) is 9.47 Å². The van der Waals surface area contributed by atoms with Crippen LogP contribution in [0.3, 0.4) is 0 Å². The number of nitrogens with zero attached hydrogens (tertiary/aromatic N) is 2. The first kappa shape index (κ1) is 16.0. The van der Waals surface area contributed by atoms with Crippen LogP contribution in [-0.2, 0) is 9.53 Å². The summed E-state index contributed by atoms with van der Waals surface area (Å²) >= 11 is 1.22. The highest BCUT2D eigenvalue weighted by molar-refractivity contribution is 7.99. The minimum Gasteiger partial charge on any atom is -0.481 e. The molecule has 2 aromatic rings. The van der Waals surface area contributed by atoms with Crippen LogP contribution >= 0.6 is 11.8 Å². The van der Waals surface area contributed by atoms with E-state index in [9.17, 15) is 4.79 Å². The third kappa shape index (κ3) is 4.33. The van der Waals surface area contributed by atoms with Crippen LogP contribution in [0.1, 0.15) is 6.92 Å². The molecule has 0 bridgehead atoms. The Morgan fingerprint density at radius 2 is 2.00 bits per heavy atom. The monoisotopic (exact) mass is 316 g/mol. The number of esters is 1. The molecule has 0 aliphatic rings. The first-order valence-corrected chi connectivity index (χ1v) is 7.52. The molecular formula is C16H16N2O3S. The predicted molar refractivity (Wildman–Crippen MR) is 85.7 cm³/mol. The number of benzene rings is 1. The summed E-state index contributed by atoms with van der Waals surface area (Å²) in [5.74, 6) is 0.147. The minimum absolute atomic E-state index is 0.118. The van der Waals surface area contributed by atoms with E-state index >= 15 is 0 Å². The molecular weight excluding hydrogens is 300 g/mol. The van der Waals surface area contributed by atoms with Crippen molar-refractivity contribution in [3.05, 3.63) is 48.6 Å². The first-order valence-electron chi connectivity index (χ1n) is 6.54. The molecule has 0 spiro atoms. The molecule has 0 saturated heterocycles. The molecule has 1 heterocycles. The average molecular weight is 316 g/mol. The summed E-state index contributed by atoms with van der Waals surface area (Å²) in [4.78, 5) is 20.0. The standard InChI is InChI=1S/C16H16N2O3S/c1-11(2)15(19)21-10-22-16-17-13(9-14(18-16)20-3)12-7-5-4-6-8-12/h4-9H,1,10H2,2-3H3. The fraction of sp³-hybridized carbons (Fsp3) is 0.188. The first-order chi connectivity index (χ1) is 10.6. The van der Waals surface area contributed by atoms with Crippen molar-refractivity contribution in [3.8, 4) is 17.1 Å². The number of carbonyl (C=O) groups is 1. The molecule has 2 rings (SSSR count). The van der Waals surface area contributed by atoms with Crippen LogP contribution in [0, 0.1) is 0 Å². The lowest BCUT2D eigenvalue weighted by Gasteiger charge is -2.07. The van der Waals surface area contributed by atoms with Crippen LogP contribution < -0.4 is 4.74 Å². The van der Waals surface area contributed by atoms with Crippen molar-refractivity contribution in [3.63, 3.8) is 0 Å². The third-order valence-electron chi connectivity index (χ3n) is 2.69. The van der Waals surface area contributed by atoms with E-state index in [1.165, 1.54) is 11.8 Å². The maximum Gasteiger partial charge on any atom is 0.333 e. The smallest absolute Gasteiger partial charge is 0.333 e. The molecule has 0 radical (unpaired) electrons. The van der Waals surface area contributed by atoms with E-state index in [2.05, 4.69) is 16.5 Å². The van der Waals surface area contributed by atoms with Crippen molar-refractivity contribution >= 4 is 17.7 Å². The fourth-order valence-corrected chi connectivity index (χ4v) is 2.18. The number of ether oxygens (including phenoxy) is 2. The summed E-state index contributed by atoms with van der Waals surface area (Å²) in [5.41, 5.74) is 2.07. The van der Waals surface area contributed by atoms with Gasteiger partial charge in [-0.25, -0.2) is 9.78 Å². The highest BCUT2D eigenvalue weighted by Crippen LogP contribution is 2.24. The van der Waals surface area contributed by atoms with Gasteiger partial charge in [0.05, 0.1) is 12.8 Å². The number of hydrogen-bond acceptors (Lipinski definition) is 6. The van der Waals surface area contributed by atoms with Crippen molar-refractivity contribution < 1.29 is 14.3 Å². The molecule has 0 fully saturated rings. The fourth-order valence-electron chi connectivity index (χ4n) is 1.59. The van der Waals surface area contributed by atoms with Gasteiger partial charge in [0.15, 0.2) is 5.16 Å². The second kappa shape index (κ2) is 7.61. The summed E-state index contributed by atoms with van der Waals surface area (Å²) in [6.45, 7) is 5.13. The van der Waals surface area contributed by atoms with Crippen LogP contribution in [0.25, 0.3) is 11.3 Å². The quantitative estimate of drug-likeness (QED) is 0.268. The van der Waals surface area contributed by atoms with E-state index in [1.807, 2.05) is 30.3 Å². The number of rotatable bonds is 6. The van der Waals surface area contributed by atoms with Crippen LogP contribution in [0.2, 0.25) is 0 Å². The highest BCUT2D eigenvalue weighted by atomic mass is 32.2. The van der Waals surface area contributed by atoms with Crippen LogP contribution in [-0.4, -0.2) is 29.0 Å². The van der Waals surface area contributed by atoms with Crippen molar-refractivity contribution in [1.29, 1.82) is 0 Å². The molecule has 6 heteroatoms. The van der Waals surface area contributed by atoms with E-state index in [-0.39, 0.29) is 5.94 Å². The molecule has 0 N–H and O–H groups in total. The molecule has 114 valence electrons. The van der Waals surface area contributed by atoms with Gasteiger partial charge >= 0.3 is 5.97 Å². The minimum atomic E-state index is -0.432. The van der Waals surface area contributed by atoms with Crippen molar-refractivity contribution in [2.24, 2.45) is 0 Å². The lowest BCUT2D eigenvalue weighted by molar-refractivity contribution is -0.136. The molecule has 0 aliphatic carbocycles. The second-order valence-corrected chi connectivity index (χ2v) is 5.31. The van der Waals surface area contributed by atoms with E-state index in [1.54, 1.807) is 20.1 Å². The Balaban J connectivity index is 2.14. The van der Waals surface area contributed by atoms with Gasteiger partial charge in [0.2, 0.25) is 5.88 Å². The van der Waals surface area contributed by atoms with E-state index in [0.717, 1.165) is 11.3 Å². The molecule has 0 saturated carbocycles. The topological polar surface area (TPSA) is 61.3 Å². The van der Waals surface area contributed by atoms with Gasteiger partial charge in [-0.1, -0.05) is 36.9 Å². The zero-order valence-electron chi connectivity index (χ0n) is 12.4. The molecule has 0 unspecified atom stereocenters. The van der Waals surface area contributed by atoms with Crippen LogP contribution in [0.5, 0.6) is 5.88 Å². The lowest BCUT2D eigenvalue weighted by atomic mass is 10.1. The summed E-state index contributed by atoms with van der Waals surface area (Å²) in [6, 6.07) is 11.5. The van der Waals surface area contributed by atoms with Crippen molar-refractivity contribution in [2.45, 2.75) is 12.1 Å². The molecule has 5 nitrogen and oxygen atoms in total. The maximum atomic E-state index is 11.3. The largest absolute Gasteiger partial charge is 0.481 e. The molecule has 0 aliphatic heterocycles. The predicted octanol–water partition coefficient (Wildman–Crippen LogP) is 3.32. The molecule has 1 aromatic carbocycles. The van der Waals surface area contributed by atoms with Gasteiger partial charge in [0, 0.05) is 17.2 Å². The molecule has 22 heavy (non-hydrogen) atoms. The van der Waals surface area contributed by atoms with Gasteiger partial charge in [0.1, 0.15) is 5.94 Å². The second-order valence-electron chi connectivity index (χ2n) is 4.42. The summed E-state index contributed by atoms with van der Waals surface area (Å²) in [7, 11) is 1.55. The Bertz CT molecular complexity index is 674. The maximum absolute atomic E-state index is 11.3. The number of hydrogen-bond donors (Lipinski definition) is 0. The average Bonchev–Trinajstić information content (AvgIpc) is 2.55. The Hall–Kier alpha value is -2.34.